The molecule has 5 nitrogen and oxygen atoms in total. The maximum Gasteiger partial charge on any atom is 0.237 e. The third-order valence-corrected chi connectivity index (χ3v) is 4.01. The summed E-state index contributed by atoms with van der Waals surface area (Å²) in [6, 6.07) is 9.57. The lowest BCUT2D eigenvalue weighted by atomic mass is 10.3. The number of carbonyl (C=O) groups is 1. The zero-order valence-electron chi connectivity index (χ0n) is 12.2. The Hall–Kier alpha value is -2.08. The van der Waals surface area contributed by atoms with Crippen LogP contribution in [0.3, 0.4) is 0 Å². The molecule has 1 aromatic carbocycles. The third kappa shape index (κ3) is 3.72. The van der Waals surface area contributed by atoms with Crippen LogP contribution in [0.5, 0.6) is 0 Å². The molecule has 0 radical (unpaired) electrons. The number of rotatable bonds is 6. The number of para-hydroxylation sites is 1. The molecule has 2 aromatic rings. The van der Waals surface area contributed by atoms with Crippen LogP contribution >= 0.6 is 11.8 Å². The average Bonchev–Trinajstić information content (AvgIpc) is 2.86. The van der Waals surface area contributed by atoms with Crippen molar-refractivity contribution in [2.45, 2.75) is 18.6 Å². The average molecular weight is 302 g/mol. The Morgan fingerprint density at radius 3 is 2.76 bits per heavy atom. The Morgan fingerprint density at radius 2 is 2.10 bits per heavy atom. The number of benzene rings is 1. The van der Waals surface area contributed by atoms with Crippen LogP contribution < -0.4 is 4.90 Å². The molecule has 1 amide bonds. The maximum absolute atomic E-state index is 12.2. The first-order chi connectivity index (χ1) is 10.1. The van der Waals surface area contributed by atoms with Gasteiger partial charge >= 0.3 is 0 Å². The first-order valence-corrected chi connectivity index (χ1v) is 7.57. The lowest BCUT2D eigenvalue weighted by Crippen LogP contribution is -2.27. The maximum atomic E-state index is 12.2. The fourth-order valence-electron chi connectivity index (χ4n) is 1.83. The highest BCUT2D eigenvalue weighted by molar-refractivity contribution is 7.99. The smallest absolute Gasteiger partial charge is 0.237 e. The van der Waals surface area contributed by atoms with Gasteiger partial charge in [-0.1, -0.05) is 36.0 Å². The van der Waals surface area contributed by atoms with E-state index in [-0.39, 0.29) is 5.91 Å². The van der Waals surface area contributed by atoms with Crippen molar-refractivity contribution < 1.29 is 4.79 Å². The van der Waals surface area contributed by atoms with E-state index in [0.29, 0.717) is 12.3 Å². The number of anilines is 1. The summed E-state index contributed by atoms with van der Waals surface area (Å²) in [5.41, 5.74) is 0.881. The van der Waals surface area contributed by atoms with Gasteiger partial charge < -0.3 is 9.47 Å². The molecular formula is C15H18N4OS. The zero-order valence-corrected chi connectivity index (χ0v) is 13.0. The largest absolute Gasteiger partial charge is 0.315 e. The summed E-state index contributed by atoms with van der Waals surface area (Å²) >= 11 is 1.39. The van der Waals surface area contributed by atoms with E-state index in [2.05, 4.69) is 16.8 Å². The molecule has 0 N–H and O–H groups in total. The predicted molar refractivity (Wildman–Crippen MR) is 85.5 cm³/mol. The first-order valence-electron chi connectivity index (χ1n) is 6.58. The minimum absolute atomic E-state index is 0.0250. The van der Waals surface area contributed by atoms with E-state index in [0.717, 1.165) is 16.7 Å². The Balaban J connectivity index is 2.00. The van der Waals surface area contributed by atoms with Crippen molar-refractivity contribution >= 4 is 23.4 Å². The van der Waals surface area contributed by atoms with E-state index in [1.807, 2.05) is 41.8 Å². The normalized spacial score (nSPS) is 10.4. The highest BCUT2D eigenvalue weighted by atomic mass is 32.2. The van der Waals surface area contributed by atoms with Gasteiger partial charge in [0, 0.05) is 19.3 Å². The van der Waals surface area contributed by atoms with Crippen LogP contribution in [-0.4, -0.2) is 33.5 Å². The van der Waals surface area contributed by atoms with Gasteiger partial charge in [0.15, 0.2) is 5.16 Å². The number of aromatic nitrogens is 3. The summed E-state index contributed by atoms with van der Waals surface area (Å²) in [7, 11) is 1.78. The van der Waals surface area contributed by atoms with Gasteiger partial charge in [-0.25, -0.2) is 0 Å². The molecule has 0 atom stereocenters. The predicted octanol–water partition coefficient (Wildman–Crippen LogP) is 2.53. The molecule has 110 valence electrons. The molecule has 0 fully saturated rings. The Morgan fingerprint density at radius 1 is 1.38 bits per heavy atom. The summed E-state index contributed by atoms with van der Waals surface area (Å²) in [5, 5.41) is 8.87. The van der Waals surface area contributed by atoms with E-state index in [9.17, 15) is 4.79 Å². The Labute approximate surface area is 128 Å². The van der Waals surface area contributed by atoms with Crippen LogP contribution in [0, 0.1) is 6.92 Å². The van der Waals surface area contributed by atoms with Gasteiger partial charge in [0.2, 0.25) is 5.91 Å². The molecule has 0 bridgehead atoms. The summed E-state index contributed by atoms with van der Waals surface area (Å²) in [6.07, 6.45) is 1.79. The van der Waals surface area contributed by atoms with Crippen LogP contribution in [0.4, 0.5) is 5.69 Å². The van der Waals surface area contributed by atoms with E-state index in [4.69, 9.17) is 0 Å². The number of hydrogen-bond donors (Lipinski definition) is 0. The van der Waals surface area contributed by atoms with Crippen molar-refractivity contribution in [3.8, 4) is 0 Å². The van der Waals surface area contributed by atoms with Crippen LogP contribution in [0.15, 0.2) is 48.1 Å². The van der Waals surface area contributed by atoms with Crippen molar-refractivity contribution in [1.82, 2.24) is 14.8 Å². The fourth-order valence-corrected chi connectivity index (χ4v) is 2.73. The van der Waals surface area contributed by atoms with Crippen LogP contribution in [-0.2, 0) is 11.3 Å². The van der Waals surface area contributed by atoms with E-state index in [1.54, 1.807) is 18.0 Å². The zero-order chi connectivity index (χ0) is 15.2. The molecule has 0 unspecified atom stereocenters. The second kappa shape index (κ2) is 7.08. The number of allylic oxidation sites excluding steroid dienone is 1. The van der Waals surface area contributed by atoms with Gasteiger partial charge in [-0.2, -0.15) is 0 Å². The third-order valence-electron chi connectivity index (χ3n) is 3.06. The van der Waals surface area contributed by atoms with E-state index in [1.165, 1.54) is 11.8 Å². The van der Waals surface area contributed by atoms with Crippen molar-refractivity contribution in [3.05, 3.63) is 48.8 Å². The van der Waals surface area contributed by atoms with Crippen LogP contribution in [0.25, 0.3) is 0 Å². The Kier molecular flexibility index (Phi) is 5.16. The van der Waals surface area contributed by atoms with Gasteiger partial charge in [0.1, 0.15) is 5.82 Å². The molecule has 0 aliphatic heterocycles. The lowest BCUT2D eigenvalue weighted by Gasteiger charge is -2.16. The highest BCUT2D eigenvalue weighted by Crippen LogP contribution is 2.19. The van der Waals surface area contributed by atoms with E-state index >= 15 is 0 Å². The second-order valence-electron chi connectivity index (χ2n) is 4.51. The van der Waals surface area contributed by atoms with Gasteiger partial charge in [0.25, 0.3) is 0 Å². The number of aryl methyl sites for hydroxylation is 1. The summed E-state index contributed by atoms with van der Waals surface area (Å²) < 4.78 is 1.94. The summed E-state index contributed by atoms with van der Waals surface area (Å²) in [5.74, 6) is 1.17. The topological polar surface area (TPSA) is 51.0 Å². The molecule has 0 spiro atoms. The number of thioether (sulfide) groups is 1. The SMILES string of the molecule is C=CCn1c(C)nnc1SCC(=O)N(C)c1ccccc1. The molecule has 21 heavy (non-hydrogen) atoms. The minimum Gasteiger partial charge on any atom is -0.315 e. The van der Waals surface area contributed by atoms with Gasteiger partial charge in [-0.05, 0) is 19.1 Å². The monoisotopic (exact) mass is 302 g/mol. The molecule has 6 heteroatoms. The number of hydrogen-bond acceptors (Lipinski definition) is 4. The highest BCUT2D eigenvalue weighted by Gasteiger charge is 2.14. The van der Waals surface area contributed by atoms with Gasteiger partial charge in [-0.3, -0.25) is 4.79 Å². The molecule has 0 aliphatic rings. The quantitative estimate of drug-likeness (QED) is 0.608. The standard InChI is InChI=1S/C15H18N4OS/c1-4-10-19-12(2)16-17-15(19)21-11-14(20)18(3)13-8-6-5-7-9-13/h4-9H,1,10-11H2,2-3H3. The summed E-state index contributed by atoms with van der Waals surface area (Å²) in [4.78, 5) is 13.9. The van der Waals surface area contributed by atoms with Crippen LogP contribution in [0.1, 0.15) is 5.82 Å². The molecule has 0 saturated carbocycles. The van der Waals surface area contributed by atoms with Crippen molar-refractivity contribution in [2.24, 2.45) is 0 Å². The van der Waals surface area contributed by atoms with Gasteiger partial charge in [0.05, 0.1) is 5.75 Å². The minimum atomic E-state index is 0.0250. The van der Waals surface area contributed by atoms with E-state index < -0.39 is 0 Å². The fraction of sp³-hybridized carbons (Fsp3) is 0.267. The number of amides is 1. The van der Waals surface area contributed by atoms with Crippen molar-refractivity contribution in [2.75, 3.05) is 17.7 Å². The van der Waals surface area contributed by atoms with Crippen molar-refractivity contribution in [1.29, 1.82) is 0 Å². The first kappa shape index (κ1) is 15.3. The second-order valence-corrected chi connectivity index (χ2v) is 5.45. The molecule has 1 heterocycles. The lowest BCUT2D eigenvalue weighted by molar-refractivity contribution is -0.115. The van der Waals surface area contributed by atoms with Crippen LogP contribution in [0.2, 0.25) is 0 Å². The molecule has 2 rings (SSSR count). The van der Waals surface area contributed by atoms with Crippen molar-refractivity contribution in [3.63, 3.8) is 0 Å². The molecule has 1 aromatic heterocycles. The Bertz CT molecular complexity index is 624. The summed E-state index contributed by atoms with van der Waals surface area (Å²) in [6.45, 7) is 6.25. The number of carbonyl (C=O) groups excluding carboxylic acids is 1. The molecule has 0 aliphatic carbocycles. The molecular weight excluding hydrogens is 284 g/mol. The molecule has 0 saturated heterocycles. The van der Waals surface area contributed by atoms with Gasteiger partial charge in [-0.15, -0.1) is 16.8 Å². The number of nitrogens with zero attached hydrogens (tertiary/aromatic N) is 4.